The van der Waals surface area contributed by atoms with Crippen LogP contribution in [0.1, 0.15) is 44.8 Å². The molecule has 1 aromatic heterocycles. The first kappa shape index (κ1) is 12.4. The Hall–Kier alpha value is -1.09. The van der Waals surface area contributed by atoms with Crippen LogP contribution in [0.2, 0.25) is 0 Å². The van der Waals surface area contributed by atoms with Crippen molar-refractivity contribution in [2.75, 3.05) is 18.0 Å². The number of aliphatic hydroxyl groups excluding tert-OH is 1. The summed E-state index contributed by atoms with van der Waals surface area (Å²) in [6, 6.07) is 3.87. The average Bonchev–Trinajstić information content (AvgIpc) is 2.54. The molecule has 0 aliphatic carbocycles. The van der Waals surface area contributed by atoms with E-state index in [1.54, 1.807) is 6.92 Å². The summed E-state index contributed by atoms with van der Waals surface area (Å²) in [5.74, 6) is 1.77. The van der Waals surface area contributed by atoms with Gasteiger partial charge in [-0.1, -0.05) is 13.0 Å². The third-order valence-electron chi connectivity index (χ3n) is 3.58. The van der Waals surface area contributed by atoms with E-state index in [-0.39, 0.29) is 0 Å². The van der Waals surface area contributed by atoms with Gasteiger partial charge in [-0.15, -0.1) is 0 Å². The highest BCUT2D eigenvalue weighted by atomic mass is 16.3. The predicted octanol–water partition coefficient (Wildman–Crippen LogP) is 2.76. The lowest BCUT2D eigenvalue weighted by molar-refractivity contribution is 0.199. The Morgan fingerprint density at radius 1 is 1.41 bits per heavy atom. The summed E-state index contributed by atoms with van der Waals surface area (Å²) in [6.45, 7) is 6.23. The van der Waals surface area contributed by atoms with E-state index >= 15 is 0 Å². The molecule has 1 saturated heterocycles. The fourth-order valence-electron chi connectivity index (χ4n) is 2.47. The molecule has 1 N–H and O–H groups in total. The summed E-state index contributed by atoms with van der Waals surface area (Å²) in [5, 5.41) is 9.79. The smallest absolute Gasteiger partial charge is 0.134 e. The molecule has 3 nitrogen and oxygen atoms in total. The summed E-state index contributed by atoms with van der Waals surface area (Å²) in [6.07, 6.45) is 5.11. The Bertz CT molecular complexity index is 365. The first-order valence-electron chi connectivity index (χ1n) is 6.56. The molecule has 0 aromatic carbocycles. The number of anilines is 1. The number of pyridine rings is 1. The van der Waals surface area contributed by atoms with Gasteiger partial charge in [0.05, 0.1) is 6.10 Å². The Morgan fingerprint density at radius 2 is 2.24 bits per heavy atom. The van der Waals surface area contributed by atoms with Gasteiger partial charge in [-0.05, 0) is 38.2 Å². The lowest BCUT2D eigenvalue weighted by atomic mass is 10.0. The SMILES string of the molecule is CC1CCCN(c2ncccc2C(C)O)CC1. The van der Waals surface area contributed by atoms with Gasteiger partial charge < -0.3 is 10.0 Å². The van der Waals surface area contributed by atoms with Crippen LogP contribution in [0.5, 0.6) is 0 Å². The normalized spacial score (nSPS) is 23.2. The van der Waals surface area contributed by atoms with Crippen LogP contribution in [0, 0.1) is 5.92 Å². The predicted molar refractivity (Wildman–Crippen MR) is 70.1 cm³/mol. The quantitative estimate of drug-likeness (QED) is 0.854. The largest absolute Gasteiger partial charge is 0.389 e. The van der Waals surface area contributed by atoms with E-state index in [1.807, 2.05) is 18.3 Å². The number of hydrogen-bond acceptors (Lipinski definition) is 3. The molecule has 94 valence electrons. The molecule has 2 unspecified atom stereocenters. The minimum Gasteiger partial charge on any atom is -0.389 e. The molecule has 0 radical (unpaired) electrons. The first-order valence-corrected chi connectivity index (χ1v) is 6.56. The summed E-state index contributed by atoms with van der Waals surface area (Å²) in [5.41, 5.74) is 0.946. The number of rotatable bonds is 2. The lowest BCUT2D eigenvalue weighted by Crippen LogP contribution is -2.26. The summed E-state index contributed by atoms with van der Waals surface area (Å²) in [4.78, 5) is 6.78. The standard InChI is InChI=1S/C14H22N2O/c1-11-5-4-9-16(10-7-11)14-13(12(2)17)6-3-8-15-14/h3,6,8,11-12,17H,4-5,7,9-10H2,1-2H3. The van der Waals surface area contributed by atoms with Crippen molar-refractivity contribution in [3.8, 4) is 0 Å². The van der Waals surface area contributed by atoms with Crippen LogP contribution < -0.4 is 4.90 Å². The summed E-state index contributed by atoms with van der Waals surface area (Å²) >= 11 is 0. The van der Waals surface area contributed by atoms with Gasteiger partial charge >= 0.3 is 0 Å². The Morgan fingerprint density at radius 3 is 3.00 bits per heavy atom. The van der Waals surface area contributed by atoms with Crippen LogP contribution >= 0.6 is 0 Å². The minimum absolute atomic E-state index is 0.445. The molecule has 1 aliphatic heterocycles. The van der Waals surface area contributed by atoms with Gasteiger partial charge in [0, 0.05) is 24.8 Å². The number of aromatic nitrogens is 1. The Balaban J connectivity index is 2.21. The third-order valence-corrected chi connectivity index (χ3v) is 3.58. The molecule has 0 spiro atoms. The van der Waals surface area contributed by atoms with Crippen molar-refractivity contribution in [2.24, 2.45) is 5.92 Å². The molecule has 1 fully saturated rings. The molecule has 0 bridgehead atoms. The molecule has 1 aromatic rings. The van der Waals surface area contributed by atoms with Crippen molar-refractivity contribution < 1.29 is 5.11 Å². The van der Waals surface area contributed by atoms with Gasteiger partial charge in [0.2, 0.25) is 0 Å². The van der Waals surface area contributed by atoms with Crippen LogP contribution in [0.15, 0.2) is 18.3 Å². The van der Waals surface area contributed by atoms with Crippen molar-refractivity contribution in [1.82, 2.24) is 4.98 Å². The lowest BCUT2D eigenvalue weighted by Gasteiger charge is -2.25. The van der Waals surface area contributed by atoms with E-state index in [0.717, 1.165) is 30.4 Å². The third kappa shape index (κ3) is 2.97. The zero-order chi connectivity index (χ0) is 12.3. The highest BCUT2D eigenvalue weighted by molar-refractivity contribution is 5.47. The van der Waals surface area contributed by atoms with E-state index in [9.17, 15) is 5.11 Å². The summed E-state index contributed by atoms with van der Waals surface area (Å²) in [7, 11) is 0. The molecule has 3 heteroatoms. The van der Waals surface area contributed by atoms with Gasteiger partial charge in [0.25, 0.3) is 0 Å². The molecule has 0 saturated carbocycles. The fourth-order valence-corrected chi connectivity index (χ4v) is 2.47. The van der Waals surface area contributed by atoms with Crippen LogP contribution in [-0.4, -0.2) is 23.2 Å². The maximum atomic E-state index is 9.79. The zero-order valence-electron chi connectivity index (χ0n) is 10.8. The van der Waals surface area contributed by atoms with Gasteiger partial charge in [-0.3, -0.25) is 0 Å². The Labute approximate surface area is 103 Å². The molecule has 0 amide bonds. The van der Waals surface area contributed by atoms with Crippen molar-refractivity contribution >= 4 is 5.82 Å². The van der Waals surface area contributed by atoms with Crippen LogP contribution in [0.3, 0.4) is 0 Å². The number of hydrogen-bond donors (Lipinski definition) is 1. The van der Waals surface area contributed by atoms with Crippen LogP contribution in [-0.2, 0) is 0 Å². The minimum atomic E-state index is -0.445. The molecule has 1 aliphatic rings. The zero-order valence-corrected chi connectivity index (χ0v) is 10.8. The van der Waals surface area contributed by atoms with Crippen molar-refractivity contribution in [1.29, 1.82) is 0 Å². The second kappa shape index (κ2) is 5.50. The average molecular weight is 234 g/mol. The highest BCUT2D eigenvalue weighted by Gasteiger charge is 2.18. The van der Waals surface area contributed by atoms with E-state index in [1.165, 1.54) is 19.3 Å². The van der Waals surface area contributed by atoms with Gasteiger partial charge in [-0.25, -0.2) is 4.98 Å². The second-order valence-electron chi connectivity index (χ2n) is 5.12. The second-order valence-corrected chi connectivity index (χ2v) is 5.12. The van der Waals surface area contributed by atoms with Crippen molar-refractivity contribution in [3.63, 3.8) is 0 Å². The number of aliphatic hydroxyl groups is 1. The van der Waals surface area contributed by atoms with Gasteiger partial charge in [0.15, 0.2) is 0 Å². The van der Waals surface area contributed by atoms with E-state index in [0.29, 0.717) is 0 Å². The maximum Gasteiger partial charge on any atom is 0.134 e. The number of nitrogens with zero attached hydrogens (tertiary/aromatic N) is 2. The molecule has 2 atom stereocenters. The Kier molecular flexibility index (Phi) is 4.00. The molecule has 2 heterocycles. The molecular weight excluding hydrogens is 212 g/mol. The topological polar surface area (TPSA) is 36.4 Å². The van der Waals surface area contributed by atoms with Crippen LogP contribution in [0.4, 0.5) is 5.82 Å². The van der Waals surface area contributed by atoms with Gasteiger partial charge in [-0.2, -0.15) is 0 Å². The highest BCUT2D eigenvalue weighted by Crippen LogP contribution is 2.27. The van der Waals surface area contributed by atoms with E-state index in [2.05, 4.69) is 16.8 Å². The van der Waals surface area contributed by atoms with Crippen molar-refractivity contribution in [2.45, 2.75) is 39.2 Å². The summed E-state index contributed by atoms with van der Waals surface area (Å²) < 4.78 is 0. The molecular formula is C14H22N2O. The molecule has 2 rings (SSSR count). The molecule has 17 heavy (non-hydrogen) atoms. The fraction of sp³-hybridized carbons (Fsp3) is 0.643. The van der Waals surface area contributed by atoms with Crippen LogP contribution in [0.25, 0.3) is 0 Å². The van der Waals surface area contributed by atoms with E-state index < -0.39 is 6.10 Å². The van der Waals surface area contributed by atoms with E-state index in [4.69, 9.17) is 0 Å². The maximum absolute atomic E-state index is 9.79. The van der Waals surface area contributed by atoms with Crippen molar-refractivity contribution in [3.05, 3.63) is 23.9 Å². The first-order chi connectivity index (χ1) is 8.18. The van der Waals surface area contributed by atoms with Gasteiger partial charge in [0.1, 0.15) is 5.82 Å². The monoisotopic (exact) mass is 234 g/mol.